The average molecular weight is 340 g/mol. The maximum atomic E-state index is 13.5. The Morgan fingerprint density at radius 2 is 2.05 bits per heavy atom. The summed E-state index contributed by atoms with van der Waals surface area (Å²) in [6.07, 6.45) is 0. The van der Waals surface area contributed by atoms with Crippen LogP contribution in [0.2, 0.25) is 5.02 Å². The van der Waals surface area contributed by atoms with Gasteiger partial charge in [0.1, 0.15) is 11.9 Å². The monoisotopic (exact) mass is 338 g/mol. The summed E-state index contributed by atoms with van der Waals surface area (Å²) in [5, 5.41) is 12.5. The molecule has 0 aromatic heterocycles. The minimum atomic E-state index is -0.367. The third-order valence-corrected chi connectivity index (χ3v) is 3.58. The molecule has 0 aliphatic heterocycles. The summed E-state index contributed by atoms with van der Waals surface area (Å²) < 4.78 is 14.0. The lowest BCUT2D eigenvalue weighted by atomic mass is 10.1. The maximum Gasteiger partial charge on any atom is 0.139 e. The molecule has 0 fully saturated rings. The van der Waals surface area contributed by atoms with Crippen molar-refractivity contribution >= 4 is 38.9 Å². The standard InChI is InChI=1S/C14H9BrClFN2/c1-8-5-10(15)12(17)6-14(8)19-13-4-2-3-11(16)9(13)7-18/h2-6,19H,1H3. The zero-order valence-electron chi connectivity index (χ0n) is 9.97. The van der Waals surface area contributed by atoms with E-state index in [4.69, 9.17) is 16.9 Å². The summed E-state index contributed by atoms with van der Waals surface area (Å²) in [7, 11) is 0. The van der Waals surface area contributed by atoms with E-state index in [2.05, 4.69) is 21.2 Å². The van der Waals surface area contributed by atoms with Crippen LogP contribution in [0, 0.1) is 24.1 Å². The minimum absolute atomic E-state index is 0.340. The molecule has 0 radical (unpaired) electrons. The van der Waals surface area contributed by atoms with Crippen LogP contribution in [0.5, 0.6) is 0 Å². The van der Waals surface area contributed by atoms with Crippen LogP contribution in [0.25, 0.3) is 0 Å². The number of halogens is 3. The molecule has 0 bridgehead atoms. The van der Waals surface area contributed by atoms with Crippen molar-refractivity contribution < 1.29 is 4.39 Å². The highest BCUT2D eigenvalue weighted by Gasteiger charge is 2.10. The predicted octanol–water partition coefficient (Wildman–Crippen LogP) is 5.17. The first-order valence-corrected chi connectivity index (χ1v) is 6.61. The van der Waals surface area contributed by atoms with Gasteiger partial charge in [0.2, 0.25) is 0 Å². The summed E-state index contributed by atoms with van der Waals surface area (Å²) >= 11 is 9.08. The number of nitrogens with zero attached hydrogens (tertiary/aromatic N) is 1. The van der Waals surface area contributed by atoms with Gasteiger partial charge in [0, 0.05) is 5.69 Å². The van der Waals surface area contributed by atoms with Gasteiger partial charge in [0.05, 0.1) is 20.7 Å². The number of hydrogen-bond acceptors (Lipinski definition) is 2. The number of aryl methyl sites for hydroxylation is 1. The molecule has 1 N–H and O–H groups in total. The van der Waals surface area contributed by atoms with E-state index in [0.29, 0.717) is 26.4 Å². The van der Waals surface area contributed by atoms with Gasteiger partial charge in [-0.05, 0) is 52.7 Å². The number of hydrogen-bond donors (Lipinski definition) is 1. The fourth-order valence-corrected chi connectivity index (χ4v) is 2.34. The molecule has 0 aliphatic carbocycles. The summed E-state index contributed by atoms with van der Waals surface area (Å²) in [6, 6.07) is 10.2. The molecule has 0 aliphatic rings. The highest BCUT2D eigenvalue weighted by molar-refractivity contribution is 9.10. The molecule has 2 aromatic rings. The number of nitriles is 1. The van der Waals surface area contributed by atoms with Crippen LogP contribution < -0.4 is 5.32 Å². The first-order valence-electron chi connectivity index (χ1n) is 5.44. The topological polar surface area (TPSA) is 35.8 Å². The van der Waals surface area contributed by atoms with Crippen molar-refractivity contribution in [1.29, 1.82) is 5.26 Å². The molecular weight excluding hydrogens is 331 g/mol. The fourth-order valence-electron chi connectivity index (χ4n) is 1.67. The smallest absolute Gasteiger partial charge is 0.139 e. The van der Waals surface area contributed by atoms with Crippen molar-refractivity contribution in [3.05, 3.63) is 56.8 Å². The molecule has 19 heavy (non-hydrogen) atoms. The largest absolute Gasteiger partial charge is 0.354 e. The van der Waals surface area contributed by atoms with E-state index in [-0.39, 0.29) is 5.82 Å². The Balaban J connectivity index is 2.45. The van der Waals surface area contributed by atoms with Gasteiger partial charge in [-0.15, -0.1) is 0 Å². The quantitative estimate of drug-likeness (QED) is 0.819. The van der Waals surface area contributed by atoms with Gasteiger partial charge in [-0.25, -0.2) is 4.39 Å². The highest BCUT2D eigenvalue weighted by Crippen LogP contribution is 2.30. The summed E-state index contributed by atoms with van der Waals surface area (Å²) in [4.78, 5) is 0. The van der Waals surface area contributed by atoms with Gasteiger partial charge < -0.3 is 5.32 Å². The Bertz CT molecular complexity index is 680. The van der Waals surface area contributed by atoms with Gasteiger partial charge >= 0.3 is 0 Å². The Kier molecular flexibility index (Phi) is 4.08. The van der Waals surface area contributed by atoms with Crippen molar-refractivity contribution in [2.24, 2.45) is 0 Å². The lowest BCUT2D eigenvalue weighted by Gasteiger charge is -2.12. The number of anilines is 2. The van der Waals surface area contributed by atoms with Crippen LogP contribution in [0.15, 0.2) is 34.8 Å². The molecule has 2 aromatic carbocycles. The Morgan fingerprint density at radius 3 is 2.74 bits per heavy atom. The van der Waals surface area contributed by atoms with Crippen molar-refractivity contribution in [2.75, 3.05) is 5.32 Å². The fraction of sp³-hybridized carbons (Fsp3) is 0.0714. The Morgan fingerprint density at radius 1 is 1.32 bits per heavy atom. The van der Waals surface area contributed by atoms with Crippen LogP contribution in [-0.4, -0.2) is 0 Å². The molecule has 96 valence electrons. The molecule has 0 saturated carbocycles. The van der Waals surface area contributed by atoms with Crippen LogP contribution in [0.3, 0.4) is 0 Å². The average Bonchev–Trinajstić information content (AvgIpc) is 2.36. The highest BCUT2D eigenvalue weighted by atomic mass is 79.9. The minimum Gasteiger partial charge on any atom is -0.354 e. The number of benzene rings is 2. The van der Waals surface area contributed by atoms with Crippen LogP contribution in [0.1, 0.15) is 11.1 Å². The Labute approximate surface area is 123 Å². The molecule has 0 heterocycles. The number of rotatable bonds is 2. The zero-order valence-corrected chi connectivity index (χ0v) is 12.3. The van der Waals surface area contributed by atoms with Crippen molar-refractivity contribution in [3.63, 3.8) is 0 Å². The second kappa shape index (κ2) is 5.60. The van der Waals surface area contributed by atoms with Crippen molar-refractivity contribution in [3.8, 4) is 6.07 Å². The molecule has 2 nitrogen and oxygen atoms in total. The molecular formula is C14H9BrClFN2. The van der Waals surface area contributed by atoms with E-state index in [1.54, 1.807) is 24.3 Å². The molecule has 0 unspecified atom stereocenters. The first-order chi connectivity index (χ1) is 9.02. The van der Waals surface area contributed by atoms with Crippen LogP contribution in [0.4, 0.5) is 15.8 Å². The summed E-state index contributed by atoms with van der Waals surface area (Å²) in [6.45, 7) is 1.85. The molecule has 0 saturated heterocycles. The molecule has 0 atom stereocenters. The zero-order chi connectivity index (χ0) is 14.0. The second-order valence-corrected chi connectivity index (χ2v) is 5.24. The van der Waals surface area contributed by atoms with Gasteiger partial charge in [-0.2, -0.15) is 5.26 Å². The predicted molar refractivity (Wildman–Crippen MR) is 78.3 cm³/mol. The SMILES string of the molecule is Cc1cc(Br)c(F)cc1Nc1cccc(Cl)c1C#N. The van der Waals surface area contributed by atoms with Gasteiger partial charge in [-0.1, -0.05) is 17.7 Å². The lowest BCUT2D eigenvalue weighted by Crippen LogP contribution is -1.97. The van der Waals surface area contributed by atoms with Crippen molar-refractivity contribution in [1.82, 2.24) is 0 Å². The van der Waals surface area contributed by atoms with E-state index in [1.165, 1.54) is 6.07 Å². The van der Waals surface area contributed by atoms with E-state index in [9.17, 15) is 4.39 Å². The molecule has 2 rings (SSSR count). The van der Waals surface area contributed by atoms with Gasteiger partial charge in [-0.3, -0.25) is 0 Å². The lowest BCUT2D eigenvalue weighted by molar-refractivity contribution is 0.621. The molecule has 5 heteroatoms. The molecule has 0 spiro atoms. The third-order valence-electron chi connectivity index (χ3n) is 2.66. The van der Waals surface area contributed by atoms with E-state index in [0.717, 1.165) is 5.56 Å². The maximum absolute atomic E-state index is 13.5. The van der Waals surface area contributed by atoms with Crippen LogP contribution in [-0.2, 0) is 0 Å². The molecule has 0 amide bonds. The first kappa shape index (κ1) is 13.9. The van der Waals surface area contributed by atoms with Crippen molar-refractivity contribution in [2.45, 2.75) is 6.92 Å². The third kappa shape index (κ3) is 2.89. The Hall–Kier alpha value is -1.57. The van der Waals surface area contributed by atoms with Gasteiger partial charge in [0.15, 0.2) is 0 Å². The second-order valence-electron chi connectivity index (χ2n) is 3.98. The van der Waals surface area contributed by atoms with E-state index >= 15 is 0 Å². The van der Waals surface area contributed by atoms with E-state index < -0.39 is 0 Å². The van der Waals surface area contributed by atoms with E-state index in [1.807, 2.05) is 13.0 Å². The summed E-state index contributed by atoms with van der Waals surface area (Å²) in [5.74, 6) is -0.367. The normalized spacial score (nSPS) is 10.1. The summed E-state index contributed by atoms with van der Waals surface area (Å²) in [5.41, 5.74) is 2.35. The van der Waals surface area contributed by atoms with Crippen LogP contribution >= 0.6 is 27.5 Å². The van der Waals surface area contributed by atoms with Gasteiger partial charge in [0.25, 0.3) is 0 Å². The number of nitrogens with one attached hydrogen (secondary N) is 1.